The molecule has 1 aromatic carbocycles. The molecule has 0 saturated heterocycles. The van der Waals surface area contributed by atoms with Crippen LogP contribution in [0.3, 0.4) is 0 Å². The lowest BCUT2D eigenvalue weighted by Gasteiger charge is -2.10. The molecule has 0 aliphatic heterocycles. The predicted octanol–water partition coefficient (Wildman–Crippen LogP) is 3.28. The van der Waals surface area contributed by atoms with Crippen molar-refractivity contribution in [1.82, 2.24) is 10.6 Å². The number of nitrogens with one attached hydrogen (secondary N) is 2. The van der Waals surface area contributed by atoms with Crippen molar-refractivity contribution in [3.63, 3.8) is 0 Å². The monoisotopic (exact) mass is 309 g/mol. The van der Waals surface area contributed by atoms with Gasteiger partial charge >= 0.3 is 0 Å². The van der Waals surface area contributed by atoms with Crippen LogP contribution in [0.5, 0.6) is 0 Å². The molecular formula is C15H17F2N3S. The Kier molecular flexibility index (Phi) is 5.68. The topological polar surface area (TPSA) is 36.4 Å². The summed E-state index contributed by atoms with van der Waals surface area (Å²) in [6.07, 6.45) is 0. The number of aliphatic imine (C=N–C) groups is 1. The Morgan fingerprint density at radius 2 is 2.10 bits per heavy atom. The minimum absolute atomic E-state index is 0.0867. The molecule has 0 fully saturated rings. The zero-order valence-corrected chi connectivity index (χ0v) is 12.5. The molecule has 3 nitrogen and oxygen atoms in total. The van der Waals surface area contributed by atoms with Crippen LogP contribution in [-0.2, 0) is 13.1 Å². The molecule has 0 aliphatic rings. The minimum Gasteiger partial charge on any atom is -0.357 e. The fourth-order valence-corrected chi connectivity index (χ4v) is 2.40. The number of nitrogens with zero attached hydrogens (tertiary/aromatic N) is 1. The zero-order valence-electron chi connectivity index (χ0n) is 11.7. The van der Waals surface area contributed by atoms with Gasteiger partial charge in [-0.3, -0.25) is 0 Å². The van der Waals surface area contributed by atoms with Crippen LogP contribution in [0.2, 0.25) is 0 Å². The van der Waals surface area contributed by atoms with Gasteiger partial charge in [-0.2, -0.15) is 0 Å². The van der Waals surface area contributed by atoms with Gasteiger partial charge in [0.15, 0.2) is 5.96 Å². The molecule has 0 unspecified atom stereocenters. The molecule has 112 valence electrons. The predicted molar refractivity (Wildman–Crippen MR) is 82.3 cm³/mol. The summed E-state index contributed by atoms with van der Waals surface area (Å²) in [7, 11) is 0. The zero-order chi connectivity index (χ0) is 15.1. The minimum atomic E-state index is -0.460. The maximum atomic E-state index is 13.5. The van der Waals surface area contributed by atoms with Crippen molar-refractivity contribution >= 4 is 17.3 Å². The third kappa shape index (κ3) is 4.82. The number of hydrogen-bond donors (Lipinski definition) is 2. The van der Waals surface area contributed by atoms with E-state index < -0.39 is 11.6 Å². The fourth-order valence-electron chi connectivity index (χ4n) is 1.75. The largest absolute Gasteiger partial charge is 0.357 e. The Balaban J connectivity index is 2.01. The van der Waals surface area contributed by atoms with Gasteiger partial charge in [0.1, 0.15) is 11.6 Å². The SMILES string of the molecule is CCNC(=NCc1cc(F)ccc1F)NCc1cccs1. The van der Waals surface area contributed by atoms with E-state index in [9.17, 15) is 8.78 Å². The van der Waals surface area contributed by atoms with E-state index in [4.69, 9.17) is 0 Å². The smallest absolute Gasteiger partial charge is 0.191 e. The van der Waals surface area contributed by atoms with Crippen molar-refractivity contribution in [1.29, 1.82) is 0 Å². The maximum absolute atomic E-state index is 13.5. The van der Waals surface area contributed by atoms with Gasteiger partial charge in [0, 0.05) is 17.0 Å². The van der Waals surface area contributed by atoms with Crippen molar-refractivity contribution < 1.29 is 8.78 Å². The van der Waals surface area contributed by atoms with Gasteiger partial charge in [0.25, 0.3) is 0 Å². The highest BCUT2D eigenvalue weighted by Crippen LogP contribution is 2.11. The summed E-state index contributed by atoms with van der Waals surface area (Å²) in [5.74, 6) is -0.332. The van der Waals surface area contributed by atoms with Crippen molar-refractivity contribution in [3.05, 3.63) is 57.8 Å². The number of thiophene rings is 1. The average molecular weight is 309 g/mol. The van der Waals surface area contributed by atoms with E-state index in [-0.39, 0.29) is 12.1 Å². The molecule has 0 amide bonds. The van der Waals surface area contributed by atoms with E-state index in [1.807, 2.05) is 24.4 Å². The van der Waals surface area contributed by atoms with Gasteiger partial charge in [-0.15, -0.1) is 11.3 Å². The molecule has 21 heavy (non-hydrogen) atoms. The van der Waals surface area contributed by atoms with E-state index in [0.29, 0.717) is 19.0 Å². The van der Waals surface area contributed by atoms with Crippen LogP contribution in [0.25, 0.3) is 0 Å². The molecule has 2 N–H and O–H groups in total. The van der Waals surface area contributed by atoms with Crippen LogP contribution < -0.4 is 10.6 Å². The van der Waals surface area contributed by atoms with Crippen molar-refractivity contribution in [2.75, 3.05) is 6.54 Å². The van der Waals surface area contributed by atoms with Crippen LogP contribution in [-0.4, -0.2) is 12.5 Å². The molecule has 0 atom stereocenters. The lowest BCUT2D eigenvalue weighted by Crippen LogP contribution is -2.36. The molecular weight excluding hydrogens is 292 g/mol. The maximum Gasteiger partial charge on any atom is 0.191 e. The van der Waals surface area contributed by atoms with E-state index >= 15 is 0 Å². The first-order valence-corrected chi connectivity index (χ1v) is 7.55. The lowest BCUT2D eigenvalue weighted by atomic mass is 10.2. The molecule has 6 heteroatoms. The second-order valence-electron chi connectivity index (χ2n) is 4.36. The first-order valence-electron chi connectivity index (χ1n) is 6.67. The molecule has 0 aliphatic carbocycles. The summed E-state index contributed by atoms with van der Waals surface area (Å²) in [6.45, 7) is 3.38. The Morgan fingerprint density at radius 1 is 1.24 bits per heavy atom. The summed E-state index contributed by atoms with van der Waals surface area (Å²) in [4.78, 5) is 5.46. The highest BCUT2D eigenvalue weighted by molar-refractivity contribution is 7.09. The highest BCUT2D eigenvalue weighted by atomic mass is 32.1. The van der Waals surface area contributed by atoms with E-state index in [2.05, 4.69) is 15.6 Å². The summed E-state index contributed by atoms with van der Waals surface area (Å²) in [5.41, 5.74) is 0.239. The number of rotatable bonds is 5. The Hall–Kier alpha value is -1.95. The van der Waals surface area contributed by atoms with Crippen molar-refractivity contribution in [2.45, 2.75) is 20.0 Å². The third-order valence-corrected chi connectivity index (χ3v) is 3.65. The molecule has 1 aromatic heterocycles. The third-order valence-electron chi connectivity index (χ3n) is 2.77. The summed E-state index contributed by atoms with van der Waals surface area (Å²) in [6, 6.07) is 7.39. The molecule has 2 rings (SSSR count). The summed E-state index contributed by atoms with van der Waals surface area (Å²) >= 11 is 1.65. The van der Waals surface area contributed by atoms with Gasteiger partial charge in [-0.25, -0.2) is 13.8 Å². The summed E-state index contributed by atoms with van der Waals surface area (Å²) < 4.78 is 26.6. The van der Waals surface area contributed by atoms with Crippen LogP contribution in [0.15, 0.2) is 40.7 Å². The van der Waals surface area contributed by atoms with Crippen LogP contribution in [0, 0.1) is 11.6 Å². The standard InChI is InChI=1S/C15H17F2N3S/c1-2-18-15(20-10-13-4-3-7-21-13)19-9-11-8-12(16)5-6-14(11)17/h3-8H,2,9-10H2,1H3,(H2,18,19,20). The molecule has 0 radical (unpaired) electrons. The first kappa shape index (κ1) is 15.4. The Bertz CT molecular complexity index is 597. The summed E-state index contributed by atoms with van der Waals surface area (Å²) in [5, 5.41) is 8.24. The van der Waals surface area contributed by atoms with E-state index in [1.165, 1.54) is 10.9 Å². The van der Waals surface area contributed by atoms with Crippen LogP contribution >= 0.6 is 11.3 Å². The number of halogens is 2. The fraction of sp³-hybridized carbons (Fsp3) is 0.267. The molecule has 0 bridgehead atoms. The normalized spacial score (nSPS) is 11.5. The quantitative estimate of drug-likeness (QED) is 0.657. The first-order chi connectivity index (χ1) is 10.2. The number of benzene rings is 1. The Morgan fingerprint density at radius 3 is 2.81 bits per heavy atom. The van der Waals surface area contributed by atoms with Crippen molar-refractivity contribution in [3.8, 4) is 0 Å². The van der Waals surface area contributed by atoms with Gasteiger partial charge in [0.2, 0.25) is 0 Å². The second-order valence-corrected chi connectivity index (χ2v) is 5.40. The van der Waals surface area contributed by atoms with E-state index in [1.54, 1.807) is 11.3 Å². The van der Waals surface area contributed by atoms with Crippen molar-refractivity contribution in [2.24, 2.45) is 4.99 Å². The number of guanidine groups is 1. The molecule has 1 heterocycles. The lowest BCUT2D eigenvalue weighted by molar-refractivity contribution is 0.585. The number of hydrogen-bond acceptors (Lipinski definition) is 2. The van der Waals surface area contributed by atoms with Gasteiger partial charge in [0.05, 0.1) is 13.1 Å². The van der Waals surface area contributed by atoms with Crippen LogP contribution in [0.1, 0.15) is 17.4 Å². The van der Waals surface area contributed by atoms with Gasteiger partial charge in [-0.1, -0.05) is 6.07 Å². The Labute approximate surface area is 126 Å². The molecule has 2 aromatic rings. The van der Waals surface area contributed by atoms with Gasteiger partial charge in [-0.05, 0) is 36.6 Å². The highest BCUT2D eigenvalue weighted by Gasteiger charge is 2.04. The van der Waals surface area contributed by atoms with E-state index in [0.717, 1.165) is 12.1 Å². The molecule has 0 saturated carbocycles. The second kappa shape index (κ2) is 7.73. The van der Waals surface area contributed by atoms with Gasteiger partial charge < -0.3 is 10.6 Å². The average Bonchev–Trinajstić information content (AvgIpc) is 2.98. The molecule has 0 spiro atoms. The van der Waals surface area contributed by atoms with Crippen LogP contribution in [0.4, 0.5) is 8.78 Å².